The molecule has 1 aliphatic rings. The van der Waals surface area contributed by atoms with Crippen molar-refractivity contribution in [2.75, 3.05) is 13.1 Å². The number of aromatic amines is 1. The minimum Gasteiger partial charge on any atom is -0.337 e. The summed E-state index contributed by atoms with van der Waals surface area (Å²) in [6.45, 7) is 3.43. The van der Waals surface area contributed by atoms with Crippen molar-refractivity contribution in [3.63, 3.8) is 0 Å². The van der Waals surface area contributed by atoms with Crippen molar-refractivity contribution in [3.8, 4) is 0 Å². The number of aryl methyl sites for hydroxylation is 1. The molecule has 2 aromatic rings. The van der Waals surface area contributed by atoms with Crippen LogP contribution in [0.1, 0.15) is 39.0 Å². The van der Waals surface area contributed by atoms with Crippen LogP contribution in [0.2, 0.25) is 0 Å². The van der Waals surface area contributed by atoms with Gasteiger partial charge in [-0.15, -0.1) is 11.3 Å². The molecule has 0 aromatic carbocycles. The third-order valence-electron chi connectivity index (χ3n) is 3.80. The molecule has 1 aliphatic heterocycles. The molecule has 0 saturated carbocycles. The molecule has 6 heteroatoms. The number of carbonyl (C=O) groups excluding carboxylic acids is 1. The Hall–Kier alpha value is -1.95. The molecule has 0 aliphatic carbocycles. The Labute approximate surface area is 126 Å². The van der Waals surface area contributed by atoms with E-state index in [0.29, 0.717) is 6.54 Å². The third-order valence-corrected chi connectivity index (χ3v) is 4.79. The molecule has 0 spiro atoms. The molecule has 1 N–H and O–H groups in total. The van der Waals surface area contributed by atoms with Gasteiger partial charge in [-0.1, -0.05) is 0 Å². The zero-order chi connectivity index (χ0) is 14.8. The number of H-pyrrole nitrogens is 1. The first kappa shape index (κ1) is 14.0. The standard InChI is InChI=1S/C15H17N3O2S/c1-10-4-5-13(21-10)14(19)18-8-2-3-11(9-18)12-6-7-16-15(20)17-12/h4-7,11H,2-3,8-9H2,1H3,(H,16,17,20)/t11-/m0/s1. The first-order valence-corrected chi connectivity index (χ1v) is 7.86. The van der Waals surface area contributed by atoms with E-state index in [0.717, 1.165) is 34.8 Å². The number of rotatable bonds is 2. The molecule has 3 heterocycles. The van der Waals surface area contributed by atoms with E-state index < -0.39 is 0 Å². The highest BCUT2D eigenvalue weighted by Gasteiger charge is 2.26. The average Bonchev–Trinajstić information content (AvgIpc) is 2.93. The number of piperidine rings is 1. The minimum absolute atomic E-state index is 0.0919. The predicted octanol–water partition coefficient (Wildman–Crippen LogP) is 2.16. The van der Waals surface area contributed by atoms with E-state index in [-0.39, 0.29) is 17.5 Å². The van der Waals surface area contributed by atoms with E-state index in [9.17, 15) is 9.59 Å². The number of hydrogen-bond acceptors (Lipinski definition) is 4. The Balaban J connectivity index is 1.77. The van der Waals surface area contributed by atoms with Crippen molar-refractivity contribution in [1.82, 2.24) is 14.9 Å². The van der Waals surface area contributed by atoms with Gasteiger partial charge in [0.05, 0.1) is 4.88 Å². The fourth-order valence-electron chi connectivity index (χ4n) is 2.74. The predicted molar refractivity (Wildman–Crippen MR) is 81.8 cm³/mol. The summed E-state index contributed by atoms with van der Waals surface area (Å²) in [6, 6.07) is 5.69. The van der Waals surface area contributed by atoms with Crippen LogP contribution in [0.4, 0.5) is 0 Å². The maximum atomic E-state index is 12.5. The van der Waals surface area contributed by atoms with Crippen LogP contribution in [-0.2, 0) is 0 Å². The van der Waals surface area contributed by atoms with Crippen molar-refractivity contribution in [2.24, 2.45) is 0 Å². The highest BCUT2D eigenvalue weighted by molar-refractivity contribution is 7.13. The van der Waals surface area contributed by atoms with Gasteiger partial charge >= 0.3 is 5.69 Å². The second-order valence-corrected chi connectivity index (χ2v) is 6.62. The largest absolute Gasteiger partial charge is 0.345 e. The van der Waals surface area contributed by atoms with E-state index in [1.165, 1.54) is 17.5 Å². The van der Waals surface area contributed by atoms with Crippen LogP contribution in [0.3, 0.4) is 0 Å². The second kappa shape index (κ2) is 5.81. The fourth-order valence-corrected chi connectivity index (χ4v) is 3.58. The number of hydrogen-bond donors (Lipinski definition) is 1. The van der Waals surface area contributed by atoms with E-state index >= 15 is 0 Å². The Morgan fingerprint density at radius 3 is 3.00 bits per heavy atom. The lowest BCUT2D eigenvalue weighted by Crippen LogP contribution is -2.39. The number of thiophene rings is 1. The second-order valence-electron chi connectivity index (χ2n) is 5.33. The molecule has 21 heavy (non-hydrogen) atoms. The molecule has 2 aromatic heterocycles. The molecular weight excluding hydrogens is 286 g/mol. The Morgan fingerprint density at radius 2 is 2.29 bits per heavy atom. The minimum atomic E-state index is -0.329. The maximum Gasteiger partial charge on any atom is 0.345 e. The van der Waals surface area contributed by atoms with Gasteiger partial charge in [-0.05, 0) is 38.0 Å². The molecule has 1 atom stereocenters. The van der Waals surface area contributed by atoms with Crippen molar-refractivity contribution in [3.05, 3.63) is 50.3 Å². The van der Waals surface area contributed by atoms with Gasteiger partial charge in [-0.25, -0.2) is 9.78 Å². The van der Waals surface area contributed by atoms with Crippen molar-refractivity contribution < 1.29 is 4.79 Å². The smallest absolute Gasteiger partial charge is 0.337 e. The van der Waals surface area contributed by atoms with Gasteiger partial charge in [-0.2, -0.15) is 0 Å². The lowest BCUT2D eigenvalue weighted by atomic mass is 9.94. The van der Waals surface area contributed by atoms with E-state index in [1.54, 1.807) is 0 Å². The number of nitrogens with one attached hydrogen (secondary N) is 1. The summed E-state index contributed by atoms with van der Waals surface area (Å²) in [5.74, 6) is 0.272. The van der Waals surface area contributed by atoms with Gasteiger partial charge < -0.3 is 9.88 Å². The first-order valence-electron chi connectivity index (χ1n) is 7.04. The van der Waals surface area contributed by atoms with Crippen LogP contribution >= 0.6 is 11.3 Å². The summed E-state index contributed by atoms with van der Waals surface area (Å²) in [7, 11) is 0. The van der Waals surface area contributed by atoms with Gasteiger partial charge in [0.1, 0.15) is 0 Å². The number of likely N-dealkylation sites (tertiary alicyclic amines) is 1. The van der Waals surface area contributed by atoms with Gasteiger partial charge in [-0.3, -0.25) is 4.79 Å². The van der Waals surface area contributed by atoms with Crippen LogP contribution in [0, 0.1) is 6.92 Å². The van der Waals surface area contributed by atoms with Crippen LogP contribution < -0.4 is 5.69 Å². The molecule has 0 radical (unpaired) electrons. The number of nitrogens with zero attached hydrogens (tertiary/aromatic N) is 2. The van der Waals surface area contributed by atoms with Crippen LogP contribution in [0.25, 0.3) is 0 Å². The molecule has 3 rings (SSSR count). The number of amides is 1. The fraction of sp³-hybridized carbons (Fsp3) is 0.400. The van der Waals surface area contributed by atoms with Crippen LogP contribution in [0.15, 0.2) is 29.2 Å². The maximum absolute atomic E-state index is 12.5. The van der Waals surface area contributed by atoms with Gasteiger partial charge in [0.25, 0.3) is 5.91 Å². The molecule has 1 fully saturated rings. The molecular formula is C15H17N3O2S. The third kappa shape index (κ3) is 3.05. The summed E-state index contributed by atoms with van der Waals surface area (Å²) in [5, 5.41) is 0. The number of aromatic nitrogens is 2. The number of carbonyl (C=O) groups is 1. The highest BCUT2D eigenvalue weighted by atomic mass is 32.1. The van der Waals surface area contributed by atoms with Crippen molar-refractivity contribution in [1.29, 1.82) is 0 Å². The average molecular weight is 303 g/mol. The molecule has 1 saturated heterocycles. The van der Waals surface area contributed by atoms with Gasteiger partial charge in [0, 0.05) is 35.8 Å². The van der Waals surface area contributed by atoms with E-state index in [1.807, 2.05) is 30.0 Å². The highest BCUT2D eigenvalue weighted by Crippen LogP contribution is 2.27. The van der Waals surface area contributed by atoms with Crippen molar-refractivity contribution in [2.45, 2.75) is 25.7 Å². The summed E-state index contributed by atoms with van der Waals surface area (Å²) in [6.07, 6.45) is 3.45. The zero-order valence-electron chi connectivity index (χ0n) is 11.8. The molecule has 1 amide bonds. The molecule has 0 unspecified atom stereocenters. The van der Waals surface area contributed by atoms with Crippen LogP contribution in [0.5, 0.6) is 0 Å². The van der Waals surface area contributed by atoms with E-state index in [2.05, 4.69) is 9.97 Å². The SMILES string of the molecule is Cc1ccc(C(=O)N2CCC[C@H](c3ccnc(=O)[nH]3)C2)s1. The normalized spacial score (nSPS) is 18.7. The Bertz CT molecular complexity index is 707. The van der Waals surface area contributed by atoms with Crippen molar-refractivity contribution >= 4 is 17.2 Å². The van der Waals surface area contributed by atoms with Gasteiger partial charge in [0.15, 0.2) is 0 Å². The molecule has 110 valence electrons. The lowest BCUT2D eigenvalue weighted by Gasteiger charge is -2.32. The Morgan fingerprint density at radius 1 is 1.43 bits per heavy atom. The molecule has 5 nitrogen and oxygen atoms in total. The zero-order valence-corrected chi connectivity index (χ0v) is 12.7. The monoisotopic (exact) mass is 303 g/mol. The summed E-state index contributed by atoms with van der Waals surface area (Å²) in [4.78, 5) is 34.1. The molecule has 0 bridgehead atoms. The lowest BCUT2D eigenvalue weighted by molar-refractivity contribution is 0.0710. The van der Waals surface area contributed by atoms with E-state index in [4.69, 9.17) is 0 Å². The first-order chi connectivity index (χ1) is 10.1. The summed E-state index contributed by atoms with van der Waals surface area (Å²) in [5.41, 5.74) is 0.541. The quantitative estimate of drug-likeness (QED) is 0.924. The summed E-state index contributed by atoms with van der Waals surface area (Å²) < 4.78 is 0. The topological polar surface area (TPSA) is 66.1 Å². The Kier molecular flexibility index (Phi) is 3.88. The van der Waals surface area contributed by atoms with Crippen LogP contribution in [-0.4, -0.2) is 33.9 Å². The summed E-state index contributed by atoms with van der Waals surface area (Å²) >= 11 is 1.53. The van der Waals surface area contributed by atoms with Gasteiger partial charge in [0.2, 0.25) is 0 Å².